The van der Waals surface area contributed by atoms with Crippen molar-refractivity contribution in [1.82, 2.24) is 15.0 Å². The first-order valence-corrected chi connectivity index (χ1v) is 8.42. The number of nitrogens with zero attached hydrogens (tertiary/aromatic N) is 3. The number of carbonyl (C=O) groups excluding carboxylic acids is 1. The van der Waals surface area contributed by atoms with Crippen LogP contribution in [0.1, 0.15) is 0 Å². The predicted molar refractivity (Wildman–Crippen MR) is 107 cm³/mol. The number of carbonyl (C=O) groups is 1. The monoisotopic (exact) mass is 352 g/mol. The van der Waals surface area contributed by atoms with Gasteiger partial charge in [0.1, 0.15) is 6.33 Å². The summed E-state index contributed by atoms with van der Waals surface area (Å²) in [6.07, 6.45) is 8.17. The molecule has 0 unspecified atom stereocenters. The number of benzene rings is 2. The zero-order chi connectivity index (χ0) is 18.6. The van der Waals surface area contributed by atoms with Crippen molar-refractivity contribution in [3.63, 3.8) is 0 Å². The van der Waals surface area contributed by atoms with E-state index in [1.54, 1.807) is 18.7 Å². The van der Waals surface area contributed by atoms with Gasteiger partial charge in [-0.1, -0.05) is 24.8 Å². The lowest BCUT2D eigenvalue weighted by Crippen LogP contribution is -2.07. The lowest BCUT2D eigenvalue weighted by atomic mass is 9.96. The van der Waals surface area contributed by atoms with Crippen LogP contribution < -0.4 is 5.32 Å². The molecule has 2 aromatic heterocycles. The molecule has 4 rings (SSSR count). The van der Waals surface area contributed by atoms with Gasteiger partial charge < -0.3 is 5.32 Å². The van der Waals surface area contributed by atoms with Crippen LogP contribution in [0.2, 0.25) is 0 Å². The average Bonchev–Trinajstić information content (AvgIpc) is 2.73. The molecule has 0 aliphatic rings. The molecule has 0 aliphatic carbocycles. The van der Waals surface area contributed by atoms with Gasteiger partial charge >= 0.3 is 0 Å². The molecular weight excluding hydrogens is 336 g/mol. The molecule has 0 saturated carbocycles. The minimum atomic E-state index is -0.247. The number of hydrogen-bond donors (Lipinski definition) is 1. The Labute approximate surface area is 156 Å². The van der Waals surface area contributed by atoms with E-state index in [1.165, 1.54) is 6.08 Å². The molecule has 2 aromatic carbocycles. The minimum absolute atomic E-state index is 0.247. The molecule has 27 heavy (non-hydrogen) atoms. The maximum Gasteiger partial charge on any atom is 0.247 e. The summed E-state index contributed by atoms with van der Waals surface area (Å²) in [5.41, 5.74) is 5.51. The Morgan fingerprint density at radius 3 is 2.67 bits per heavy atom. The van der Waals surface area contributed by atoms with Crippen molar-refractivity contribution >= 4 is 22.5 Å². The van der Waals surface area contributed by atoms with E-state index < -0.39 is 0 Å². The Balaban J connectivity index is 1.89. The zero-order valence-electron chi connectivity index (χ0n) is 14.5. The molecule has 2 heterocycles. The number of anilines is 1. The highest BCUT2D eigenvalue weighted by Gasteiger charge is 2.10. The van der Waals surface area contributed by atoms with E-state index in [9.17, 15) is 4.79 Å². The van der Waals surface area contributed by atoms with Gasteiger partial charge in [-0.3, -0.25) is 9.78 Å². The van der Waals surface area contributed by atoms with Crippen molar-refractivity contribution in [2.45, 2.75) is 0 Å². The fraction of sp³-hybridized carbons (Fsp3) is 0. The van der Waals surface area contributed by atoms with Crippen LogP contribution in [0.25, 0.3) is 33.2 Å². The maximum absolute atomic E-state index is 11.6. The van der Waals surface area contributed by atoms with Crippen molar-refractivity contribution in [3.8, 4) is 22.3 Å². The van der Waals surface area contributed by atoms with Gasteiger partial charge in [0.15, 0.2) is 0 Å². The quantitative estimate of drug-likeness (QED) is 0.550. The smallest absolute Gasteiger partial charge is 0.247 e. The number of fused-ring (bicyclic) bond motifs is 1. The van der Waals surface area contributed by atoms with Crippen molar-refractivity contribution in [2.75, 3.05) is 5.32 Å². The number of hydrogen-bond acceptors (Lipinski definition) is 4. The van der Waals surface area contributed by atoms with Gasteiger partial charge in [-0.25, -0.2) is 9.97 Å². The molecule has 0 radical (unpaired) electrons. The van der Waals surface area contributed by atoms with Gasteiger partial charge in [-0.15, -0.1) is 0 Å². The van der Waals surface area contributed by atoms with Crippen LogP contribution in [0.15, 0.2) is 86.1 Å². The van der Waals surface area contributed by atoms with Crippen molar-refractivity contribution in [1.29, 1.82) is 0 Å². The standard InChI is InChI=1S/C22H16N4O/c1-2-21(27)26-19-7-3-5-15(10-19)20-11-17(16-6-4-8-23-12-16)9-18-13-24-14-25-22(18)20/h2-14H,1H2,(H,26,27). The molecule has 4 aromatic rings. The zero-order valence-corrected chi connectivity index (χ0v) is 14.5. The topological polar surface area (TPSA) is 67.8 Å². The number of rotatable bonds is 4. The summed E-state index contributed by atoms with van der Waals surface area (Å²) in [6, 6.07) is 15.7. The van der Waals surface area contributed by atoms with Crippen molar-refractivity contribution in [3.05, 3.63) is 86.1 Å². The van der Waals surface area contributed by atoms with Gasteiger partial charge in [0.25, 0.3) is 0 Å². The molecule has 0 aliphatic heterocycles. The van der Waals surface area contributed by atoms with Crippen LogP contribution in [-0.2, 0) is 4.79 Å². The minimum Gasteiger partial charge on any atom is -0.323 e. The maximum atomic E-state index is 11.6. The molecule has 0 saturated heterocycles. The lowest BCUT2D eigenvalue weighted by Gasteiger charge is -2.11. The number of amides is 1. The first-order chi connectivity index (χ1) is 13.2. The second kappa shape index (κ2) is 7.17. The lowest BCUT2D eigenvalue weighted by molar-refractivity contribution is -0.111. The summed E-state index contributed by atoms with van der Waals surface area (Å²) in [6.45, 7) is 3.49. The number of nitrogens with one attached hydrogen (secondary N) is 1. The summed E-state index contributed by atoms with van der Waals surface area (Å²) in [7, 11) is 0. The average molecular weight is 352 g/mol. The third kappa shape index (κ3) is 3.43. The van der Waals surface area contributed by atoms with E-state index in [0.29, 0.717) is 5.69 Å². The fourth-order valence-electron chi connectivity index (χ4n) is 2.98. The summed E-state index contributed by atoms with van der Waals surface area (Å²) in [4.78, 5) is 24.5. The van der Waals surface area contributed by atoms with Crippen LogP contribution >= 0.6 is 0 Å². The Hall–Kier alpha value is -3.86. The molecule has 5 nitrogen and oxygen atoms in total. The van der Waals surface area contributed by atoms with E-state index >= 15 is 0 Å². The van der Waals surface area contributed by atoms with E-state index in [2.05, 4.69) is 39.0 Å². The third-order valence-electron chi connectivity index (χ3n) is 4.23. The van der Waals surface area contributed by atoms with Gasteiger partial charge in [-0.05, 0) is 47.5 Å². The van der Waals surface area contributed by atoms with Crippen LogP contribution in [-0.4, -0.2) is 20.9 Å². The van der Waals surface area contributed by atoms with E-state index in [-0.39, 0.29) is 5.91 Å². The molecule has 5 heteroatoms. The highest BCUT2D eigenvalue weighted by Crippen LogP contribution is 2.33. The number of pyridine rings is 1. The SMILES string of the molecule is C=CC(=O)Nc1cccc(-c2cc(-c3cccnc3)cc3cncnc23)c1. The van der Waals surface area contributed by atoms with Crippen LogP contribution in [0.3, 0.4) is 0 Å². The molecule has 0 fully saturated rings. The van der Waals surface area contributed by atoms with Crippen LogP contribution in [0, 0.1) is 0 Å². The second-order valence-corrected chi connectivity index (χ2v) is 6.00. The van der Waals surface area contributed by atoms with Crippen LogP contribution in [0.4, 0.5) is 5.69 Å². The summed E-state index contributed by atoms with van der Waals surface area (Å²) < 4.78 is 0. The summed E-state index contributed by atoms with van der Waals surface area (Å²) in [5.74, 6) is -0.247. The van der Waals surface area contributed by atoms with Crippen molar-refractivity contribution < 1.29 is 4.79 Å². The molecule has 1 N–H and O–H groups in total. The molecular formula is C22H16N4O. The molecule has 1 amide bonds. The van der Waals surface area contributed by atoms with Gasteiger partial charge in [-0.2, -0.15) is 0 Å². The van der Waals surface area contributed by atoms with Crippen LogP contribution in [0.5, 0.6) is 0 Å². The Morgan fingerprint density at radius 2 is 1.85 bits per heavy atom. The Kier molecular flexibility index (Phi) is 4.41. The van der Waals surface area contributed by atoms with Gasteiger partial charge in [0.2, 0.25) is 5.91 Å². The van der Waals surface area contributed by atoms with E-state index in [4.69, 9.17) is 0 Å². The predicted octanol–water partition coefficient (Wildman–Crippen LogP) is 4.48. The second-order valence-electron chi connectivity index (χ2n) is 6.00. The van der Waals surface area contributed by atoms with E-state index in [0.717, 1.165) is 33.2 Å². The fourth-order valence-corrected chi connectivity index (χ4v) is 2.98. The third-order valence-corrected chi connectivity index (χ3v) is 4.23. The van der Waals surface area contributed by atoms with Gasteiger partial charge in [0.05, 0.1) is 5.52 Å². The highest BCUT2D eigenvalue weighted by atomic mass is 16.1. The van der Waals surface area contributed by atoms with Crippen molar-refractivity contribution in [2.24, 2.45) is 0 Å². The first-order valence-electron chi connectivity index (χ1n) is 8.42. The normalized spacial score (nSPS) is 10.5. The molecule has 0 atom stereocenters. The van der Waals surface area contributed by atoms with Gasteiger partial charge in [0, 0.05) is 40.8 Å². The molecule has 0 spiro atoms. The number of aromatic nitrogens is 3. The largest absolute Gasteiger partial charge is 0.323 e. The first kappa shape index (κ1) is 16.6. The Morgan fingerprint density at radius 1 is 0.963 bits per heavy atom. The Bertz CT molecular complexity index is 1140. The molecule has 130 valence electrons. The summed E-state index contributed by atoms with van der Waals surface area (Å²) in [5, 5.41) is 3.74. The molecule has 0 bridgehead atoms. The van der Waals surface area contributed by atoms with E-state index in [1.807, 2.05) is 42.6 Å². The summed E-state index contributed by atoms with van der Waals surface area (Å²) >= 11 is 0. The highest BCUT2D eigenvalue weighted by molar-refractivity contribution is 6.01.